The number of hydrogen-bond donors (Lipinski definition) is 4. The smallest absolute Gasteiger partial charge is 0.870 e. The maximum Gasteiger partial charge on any atom is 1.00 e. The van der Waals surface area contributed by atoms with Crippen LogP contribution in [-0.4, -0.2) is 101 Å². The minimum atomic E-state index is -5.56. The fourth-order valence-electron chi connectivity index (χ4n) is 5.06. The van der Waals surface area contributed by atoms with E-state index in [1.165, 1.54) is 0 Å². The van der Waals surface area contributed by atoms with Crippen LogP contribution in [0, 0.1) is 6.08 Å². The minimum Gasteiger partial charge on any atom is -0.870 e. The van der Waals surface area contributed by atoms with Gasteiger partial charge in [-0.25, -0.2) is 33.7 Å². The number of aromatic nitrogens is 3. The average Bonchev–Trinajstić information content (AvgIpc) is 3.17. The van der Waals surface area contributed by atoms with E-state index >= 15 is 0 Å². The molecule has 5 N–H and O–H groups in total. The monoisotopic (exact) mass is 1060 g/mol. The number of sulfone groups is 1. The molecule has 36 heteroatoms. The van der Waals surface area contributed by atoms with Crippen molar-refractivity contribution < 1.29 is 193 Å². The summed E-state index contributed by atoms with van der Waals surface area (Å²) < 4.78 is 185. The molecule has 336 valence electrons. The van der Waals surface area contributed by atoms with Gasteiger partial charge in [0.15, 0.2) is 9.84 Å². The molecule has 0 amide bonds. The van der Waals surface area contributed by atoms with Crippen LogP contribution in [0.15, 0.2) is 107 Å². The molecule has 0 radical (unpaired) electrons. The Morgan fingerprint density at radius 2 is 1.31 bits per heavy atom. The molecule has 0 unspecified atom stereocenters. The van der Waals surface area contributed by atoms with Crippen LogP contribution in [0.3, 0.4) is 0 Å². The molecular formula is C31H25FN10Na4O16S5. The zero-order chi connectivity index (χ0) is 46.7. The van der Waals surface area contributed by atoms with Gasteiger partial charge in [-0.1, -0.05) is 12.3 Å². The predicted octanol–water partition coefficient (Wildman–Crippen LogP) is -9.64. The maximum absolute atomic E-state index is 14.3. The molecular weight excluding hydrogens is 1040 g/mol. The molecule has 0 fully saturated rings. The number of ether oxygens (including phenoxy) is 1. The molecule has 0 saturated carbocycles. The Bertz CT molecular complexity index is 3310. The van der Waals surface area contributed by atoms with Gasteiger partial charge in [-0.15, -0.1) is 15.3 Å². The van der Waals surface area contributed by atoms with E-state index in [-0.39, 0.29) is 161 Å². The minimum absolute atomic E-state index is 0. The van der Waals surface area contributed by atoms with Crippen LogP contribution in [0.2, 0.25) is 0 Å². The van der Waals surface area contributed by atoms with Crippen molar-refractivity contribution in [1.29, 1.82) is 0 Å². The summed E-state index contributed by atoms with van der Waals surface area (Å²) in [6.45, 7) is 2.87. The molecule has 0 saturated heterocycles. The number of anilines is 4. The van der Waals surface area contributed by atoms with E-state index in [0.717, 1.165) is 41.8 Å². The molecule has 0 spiro atoms. The van der Waals surface area contributed by atoms with Crippen molar-refractivity contribution in [1.82, 2.24) is 15.0 Å². The van der Waals surface area contributed by atoms with Crippen molar-refractivity contribution in [3.63, 3.8) is 0 Å². The third kappa shape index (κ3) is 17.0. The molecule has 0 aliphatic carbocycles. The van der Waals surface area contributed by atoms with Crippen LogP contribution < -0.4 is 140 Å². The Morgan fingerprint density at radius 3 is 1.88 bits per heavy atom. The van der Waals surface area contributed by atoms with Crippen LogP contribution in [-0.2, 0) is 55.0 Å². The summed E-state index contributed by atoms with van der Waals surface area (Å²) in [6.07, 6.45) is -1.33. The first kappa shape index (κ1) is 62.8. The fraction of sp³-hybridized carbons (Fsp3) is 0.129. The van der Waals surface area contributed by atoms with E-state index in [9.17, 15) is 69.8 Å². The van der Waals surface area contributed by atoms with Crippen LogP contribution >= 0.6 is 0 Å². The zero-order valence-electron chi connectivity index (χ0n) is 35.0. The van der Waals surface area contributed by atoms with E-state index in [4.69, 9.17) is 10.5 Å². The Morgan fingerprint density at radius 1 is 0.731 bits per heavy atom. The Kier molecular flexibility index (Phi) is 23.7. The van der Waals surface area contributed by atoms with Crippen LogP contribution in [0.5, 0.6) is 5.75 Å². The van der Waals surface area contributed by atoms with Crippen molar-refractivity contribution >= 4 is 107 Å². The largest absolute Gasteiger partial charge is 1.00 e. The number of nitrogens with one attached hydrogen (secondary N) is 2. The van der Waals surface area contributed by atoms with Crippen molar-refractivity contribution in [3.05, 3.63) is 72.7 Å². The normalized spacial score (nSPS) is 12.1. The first-order valence-corrected chi connectivity index (χ1v) is 23.9. The number of nitrogens with two attached hydrogens (primary N) is 1. The zero-order valence-corrected chi connectivity index (χ0v) is 47.1. The molecule has 0 aliphatic rings. The second-order valence-electron chi connectivity index (χ2n) is 12.2. The van der Waals surface area contributed by atoms with E-state index < -0.39 is 121 Å². The molecule has 4 aromatic carbocycles. The number of azo groups is 2. The molecule has 0 aliphatic heterocycles. The number of hydrogen-bond acceptors (Lipinski definition) is 25. The first-order valence-electron chi connectivity index (χ1n) is 16.6. The van der Waals surface area contributed by atoms with Gasteiger partial charge in [-0.3, -0.25) is 4.55 Å². The second kappa shape index (κ2) is 25.2. The van der Waals surface area contributed by atoms with Crippen LogP contribution in [0.1, 0.15) is 0 Å². The summed E-state index contributed by atoms with van der Waals surface area (Å²) in [5, 5.41) is 32.4. The number of benzene rings is 4. The van der Waals surface area contributed by atoms with Crippen molar-refractivity contribution in [2.75, 3.05) is 41.9 Å². The van der Waals surface area contributed by atoms with Gasteiger partial charge in [0.25, 0.3) is 10.1 Å². The van der Waals surface area contributed by atoms with Gasteiger partial charge in [0.05, 0.1) is 50.7 Å². The molecule has 1 aromatic heterocycles. The summed E-state index contributed by atoms with van der Waals surface area (Å²) in [5.41, 5.74) is 1.54. The van der Waals surface area contributed by atoms with E-state index in [1.807, 2.05) is 0 Å². The Labute approximate surface area is 469 Å². The van der Waals surface area contributed by atoms with Gasteiger partial charge >= 0.3 is 124 Å². The Hall–Kier alpha value is -2.23. The molecule has 26 nitrogen and oxygen atoms in total. The fourth-order valence-corrected chi connectivity index (χ4v) is 7.99. The van der Waals surface area contributed by atoms with Gasteiger partial charge in [0.1, 0.15) is 46.6 Å². The number of nitrogen functional groups attached to an aromatic ring is 1. The van der Waals surface area contributed by atoms with Gasteiger partial charge in [0, 0.05) is 23.0 Å². The molecule has 1 heterocycles. The number of nitrogens with zero attached hydrogens (tertiary/aromatic N) is 7. The van der Waals surface area contributed by atoms with Gasteiger partial charge in [-0.05, 0) is 60.0 Å². The summed E-state index contributed by atoms with van der Waals surface area (Å²) >= 11 is 0. The van der Waals surface area contributed by atoms with Crippen molar-refractivity contribution in [3.8, 4) is 5.75 Å². The maximum atomic E-state index is 14.3. The quantitative estimate of drug-likeness (QED) is 0.0208. The van der Waals surface area contributed by atoms with Crippen molar-refractivity contribution in [2.24, 2.45) is 20.5 Å². The SMILES string of the molecule is C=CS(=O)(=O)CCOCCNc1nc(F)nc(Nc2ccc(N=Nc3c(S(=O)(=O)O)cc4cc(S(=O)(=O)[O-])c(N=Nc5ccc(S(=O)(=O)[O-])cc5)c(N)c4c3[O-])c(S(=O)(=O)[O-])c2)n1.[Na+].[Na+].[Na+].[Na+]. The van der Waals surface area contributed by atoms with Gasteiger partial charge in [0.2, 0.25) is 11.9 Å². The van der Waals surface area contributed by atoms with Crippen LogP contribution in [0.25, 0.3) is 10.8 Å². The van der Waals surface area contributed by atoms with Gasteiger partial charge in [-0.2, -0.15) is 32.9 Å². The van der Waals surface area contributed by atoms with E-state index in [0.29, 0.717) is 18.2 Å². The summed E-state index contributed by atoms with van der Waals surface area (Å²) in [7, 11) is -25.0. The Balaban J connectivity index is 0.00000561. The number of halogens is 1. The summed E-state index contributed by atoms with van der Waals surface area (Å²) in [6, 6.07) is 6.98. The van der Waals surface area contributed by atoms with E-state index in [1.54, 1.807) is 0 Å². The third-order valence-electron chi connectivity index (χ3n) is 7.88. The number of fused-ring (bicyclic) bond motifs is 1. The first-order chi connectivity index (χ1) is 29.2. The standard InChI is InChI=1S/C31H29FN10O16S5.4Na/c1-2-59(44,45)12-11-58-10-9-34-30-36-29(32)37-31(38-30)35-18-5-8-20(21(15-18)61(49,50)51)40-42-27-23(63(55,56)57)14-16-13-22(62(52,53)54)26(25(33)24(16)28(27)43)41-39-17-3-6-19(7-4-17)60(46,47)48;;;;/h2-8,13-15,43H,1,9-12,33H2,(H,46,47,48)(H,49,50,51)(H,52,53,54)(H,55,56,57)(H2,34,35,36,37,38);;;;/q;4*+1/p-4. The predicted molar refractivity (Wildman–Crippen MR) is 209 cm³/mol. The molecule has 0 atom stereocenters. The van der Waals surface area contributed by atoms with Crippen molar-refractivity contribution in [2.45, 2.75) is 19.6 Å². The third-order valence-corrected chi connectivity index (χ3v) is 12.6. The summed E-state index contributed by atoms with van der Waals surface area (Å²) in [4.78, 5) is 6.27. The number of rotatable bonds is 18. The second-order valence-corrected chi connectivity index (χ2v) is 19.7. The van der Waals surface area contributed by atoms with Crippen LogP contribution in [0.4, 0.5) is 50.4 Å². The van der Waals surface area contributed by atoms with Gasteiger partial charge < -0.3 is 39.9 Å². The van der Waals surface area contributed by atoms with E-state index in [2.05, 4.69) is 52.6 Å². The summed E-state index contributed by atoms with van der Waals surface area (Å²) in [5.74, 6) is -2.76. The average molecular weight is 1060 g/mol. The molecule has 67 heavy (non-hydrogen) atoms. The molecule has 5 aromatic rings. The molecule has 5 rings (SSSR count). The molecule has 0 bridgehead atoms. The topological polar surface area (TPSA) is 431 Å².